The van der Waals surface area contributed by atoms with Gasteiger partial charge in [0.05, 0.1) is 0 Å². The summed E-state index contributed by atoms with van der Waals surface area (Å²) in [4.78, 5) is 14.2. The zero-order chi connectivity index (χ0) is 13.5. The quantitative estimate of drug-likeness (QED) is 0.708. The molecule has 1 fully saturated rings. The molecule has 0 saturated carbocycles. The third-order valence-corrected chi connectivity index (χ3v) is 4.06. The molecule has 19 heavy (non-hydrogen) atoms. The molecule has 2 heteroatoms. The highest BCUT2D eigenvalue weighted by Gasteiger charge is 2.26. The van der Waals surface area contributed by atoms with E-state index < -0.39 is 0 Å². The summed E-state index contributed by atoms with van der Waals surface area (Å²) >= 11 is 0. The van der Waals surface area contributed by atoms with Crippen molar-refractivity contribution in [1.82, 2.24) is 4.90 Å². The van der Waals surface area contributed by atoms with E-state index in [0.29, 0.717) is 11.8 Å². The normalized spacial score (nSPS) is 18.8. The van der Waals surface area contributed by atoms with Crippen molar-refractivity contribution in [2.45, 2.75) is 51.4 Å². The Morgan fingerprint density at radius 1 is 1.21 bits per heavy atom. The summed E-state index contributed by atoms with van der Waals surface area (Å²) in [6, 6.07) is 10.6. The first-order valence-corrected chi connectivity index (χ1v) is 7.64. The van der Waals surface area contributed by atoms with Crippen molar-refractivity contribution < 1.29 is 4.79 Å². The molecule has 1 saturated heterocycles. The van der Waals surface area contributed by atoms with E-state index in [0.717, 1.165) is 32.4 Å². The van der Waals surface area contributed by atoms with Crippen molar-refractivity contribution in [3.05, 3.63) is 35.9 Å². The second-order valence-electron chi connectivity index (χ2n) is 5.55. The predicted octanol–water partition coefficient (Wildman–Crippen LogP) is 3.97. The number of likely N-dealkylation sites (tertiary alicyclic amines) is 1. The van der Waals surface area contributed by atoms with Crippen LogP contribution in [0.2, 0.25) is 0 Å². The van der Waals surface area contributed by atoms with Gasteiger partial charge in [0.15, 0.2) is 0 Å². The summed E-state index contributed by atoms with van der Waals surface area (Å²) in [5, 5.41) is 0. The van der Waals surface area contributed by atoms with Gasteiger partial charge < -0.3 is 4.90 Å². The minimum Gasteiger partial charge on any atom is -0.342 e. The fraction of sp³-hybridized carbons (Fsp3) is 0.588. The molecule has 0 aliphatic carbocycles. The lowest BCUT2D eigenvalue weighted by Gasteiger charge is -2.16. The molecule has 0 spiro atoms. The minimum absolute atomic E-state index is 0.356. The SMILES string of the molecule is CCCCCCC(=O)N1CCC(c2ccccc2)C1. The smallest absolute Gasteiger partial charge is 0.222 e. The molecule has 0 aromatic heterocycles. The van der Waals surface area contributed by atoms with Gasteiger partial charge in [0.1, 0.15) is 0 Å². The number of amides is 1. The zero-order valence-corrected chi connectivity index (χ0v) is 12.0. The number of carbonyl (C=O) groups excluding carboxylic acids is 1. The summed E-state index contributed by atoms with van der Waals surface area (Å²) in [6.07, 6.45) is 6.58. The van der Waals surface area contributed by atoms with Crippen molar-refractivity contribution in [2.75, 3.05) is 13.1 Å². The lowest BCUT2D eigenvalue weighted by Crippen LogP contribution is -2.28. The van der Waals surface area contributed by atoms with Crippen molar-refractivity contribution in [3.63, 3.8) is 0 Å². The maximum Gasteiger partial charge on any atom is 0.222 e. The predicted molar refractivity (Wildman–Crippen MR) is 79.1 cm³/mol. The Balaban J connectivity index is 1.77. The summed E-state index contributed by atoms with van der Waals surface area (Å²) in [6.45, 7) is 4.05. The van der Waals surface area contributed by atoms with Gasteiger partial charge in [0, 0.05) is 25.4 Å². The lowest BCUT2D eigenvalue weighted by atomic mass is 9.99. The first-order valence-electron chi connectivity index (χ1n) is 7.64. The molecule has 1 atom stereocenters. The maximum atomic E-state index is 12.1. The van der Waals surface area contributed by atoms with Crippen LogP contribution < -0.4 is 0 Å². The van der Waals surface area contributed by atoms with Crippen LogP contribution in [-0.2, 0) is 4.79 Å². The van der Waals surface area contributed by atoms with Gasteiger partial charge in [-0.05, 0) is 18.4 Å². The standard InChI is InChI=1S/C17H25NO/c1-2-3-4-8-11-17(19)18-13-12-16(14-18)15-9-6-5-7-10-15/h5-7,9-10,16H,2-4,8,11-14H2,1H3. The van der Waals surface area contributed by atoms with Gasteiger partial charge in [-0.1, -0.05) is 56.5 Å². The maximum absolute atomic E-state index is 12.1. The van der Waals surface area contributed by atoms with Crippen LogP contribution in [0.25, 0.3) is 0 Å². The molecule has 1 unspecified atom stereocenters. The minimum atomic E-state index is 0.356. The summed E-state index contributed by atoms with van der Waals surface area (Å²) < 4.78 is 0. The van der Waals surface area contributed by atoms with Crippen molar-refractivity contribution in [2.24, 2.45) is 0 Å². The summed E-state index contributed by atoms with van der Waals surface area (Å²) in [5.74, 6) is 0.898. The van der Waals surface area contributed by atoms with E-state index in [1.807, 2.05) is 0 Å². The number of hydrogen-bond acceptors (Lipinski definition) is 1. The van der Waals surface area contributed by atoms with Gasteiger partial charge in [-0.25, -0.2) is 0 Å². The monoisotopic (exact) mass is 259 g/mol. The number of nitrogens with zero attached hydrogens (tertiary/aromatic N) is 1. The Bertz CT molecular complexity index is 388. The molecular weight excluding hydrogens is 234 g/mol. The van der Waals surface area contributed by atoms with Crippen LogP contribution in [0.1, 0.15) is 56.9 Å². The zero-order valence-electron chi connectivity index (χ0n) is 12.0. The number of carbonyl (C=O) groups is 1. The van der Waals surface area contributed by atoms with E-state index in [1.165, 1.54) is 24.8 Å². The molecule has 104 valence electrons. The molecule has 1 aliphatic heterocycles. The van der Waals surface area contributed by atoms with Gasteiger partial charge in [-0.2, -0.15) is 0 Å². The highest BCUT2D eigenvalue weighted by atomic mass is 16.2. The molecular formula is C17H25NO. The molecule has 0 bridgehead atoms. The number of hydrogen-bond donors (Lipinski definition) is 0. The van der Waals surface area contributed by atoms with Crippen LogP contribution >= 0.6 is 0 Å². The van der Waals surface area contributed by atoms with Crippen molar-refractivity contribution in [3.8, 4) is 0 Å². The summed E-state index contributed by atoms with van der Waals surface area (Å²) in [7, 11) is 0. The molecule has 1 heterocycles. The Labute approximate surface area is 116 Å². The summed E-state index contributed by atoms with van der Waals surface area (Å²) in [5.41, 5.74) is 1.38. The van der Waals surface area contributed by atoms with E-state index >= 15 is 0 Å². The Kier molecular flexibility index (Phi) is 5.44. The van der Waals surface area contributed by atoms with Crippen LogP contribution in [0.5, 0.6) is 0 Å². The van der Waals surface area contributed by atoms with Crippen molar-refractivity contribution >= 4 is 5.91 Å². The van der Waals surface area contributed by atoms with E-state index in [4.69, 9.17) is 0 Å². The highest BCUT2D eigenvalue weighted by Crippen LogP contribution is 2.27. The van der Waals surface area contributed by atoms with E-state index in [1.54, 1.807) is 0 Å². The van der Waals surface area contributed by atoms with Crippen LogP contribution in [0, 0.1) is 0 Å². The number of unbranched alkanes of at least 4 members (excludes halogenated alkanes) is 3. The first kappa shape index (κ1) is 14.1. The second kappa shape index (κ2) is 7.32. The van der Waals surface area contributed by atoms with Gasteiger partial charge >= 0.3 is 0 Å². The molecule has 1 aromatic rings. The van der Waals surface area contributed by atoms with E-state index in [9.17, 15) is 4.79 Å². The lowest BCUT2D eigenvalue weighted by molar-refractivity contribution is -0.130. The molecule has 0 radical (unpaired) electrons. The van der Waals surface area contributed by atoms with Crippen LogP contribution in [0.3, 0.4) is 0 Å². The molecule has 1 aliphatic rings. The Hall–Kier alpha value is -1.31. The fourth-order valence-corrected chi connectivity index (χ4v) is 2.85. The first-order chi connectivity index (χ1) is 9.31. The third-order valence-electron chi connectivity index (χ3n) is 4.06. The van der Waals surface area contributed by atoms with Gasteiger partial charge in [0.2, 0.25) is 5.91 Å². The Morgan fingerprint density at radius 2 is 2.00 bits per heavy atom. The molecule has 1 aromatic carbocycles. The van der Waals surface area contributed by atoms with E-state index in [2.05, 4.69) is 42.2 Å². The molecule has 1 amide bonds. The second-order valence-corrected chi connectivity index (χ2v) is 5.55. The highest BCUT2D eigenvalue weighted by molar-refractivity contribution is 5.76. The Morgan fingerprint density at radius 3 is 2.74 bits per heavy atom. The average Bonchev–Trinajstić information content (AvgIpc) is 2.94. The van der Waals surface area contributed by atoms with Gasteiger partial charge in [0.25, 0.3) is 0 Å². The van der Waals surface area contributed by atoms with Gasteiger partial charge in [-0.15, -0.1) is 0 Å². The number of benzene rings is 1. The van der Waals surface area contributed by atoms with Crippen LogP contribution in [0.15, 0.2) is 30.3 Å². The third kappa shape index (κ3) is 4.09. The molecule has 0 N–H and O–H groups in total. The van der Waals surface area contributed by atoms with Crippen LogP contribution in [0.4, 0.5) is 0 Å². The van der Waals surface area contributed by atoms with Crippen LogP contribution in [-0.4, -0.2) is 23.9 Å². The largest absolute Gasteiger partial charge is 0.342 e. The topological polar surface area (TPSA) is 20.3 Å². The van der Waals surface area contributed by atoms with Gasteiger partial charge in [-0.3, -0.25) is 4.79 Å². The number of rotatable bonds is 6. The van der Waals surface area contributed by atoms with E-state index in [-0.39, 0.29) is 0 Å². The fourth-order valence-electron chi connectivity index (χ4n) is 2.85. The molecule has 2 nitrogen and oxygen atoms in total. The molecule has 2 rings (SSSR count). The average molecular weight is 259 g/mol. The van der Waals surface area contributed by atoms with Crippen molar-refractivity contribution in [1.29, 1.82) is 0 Å².